The first-order valence-electron chi connectivity index (χ1n) is 6.32. The number of carbonyl (C=O) groups excluding carboxylic acids is 1. The minimum absolute atomic E-state index is 0.186. The van der Waals surface area contributed by atoms with Crippen LogP contribution in [-0.2, 0) is 4.79 Å². The first-order valence-corrected chi connectivity index (χ1v) is 7.11. The highest BCUT2D eigenvalue weighted by atomic mass is 79.9. The van der Waals surface area contributed by atoms with Gasteiger partial charge < -0.3 is 15.7 Å². The van der Waals surface area contributed by atoms with Gasteiger partial charge in [0.2, 0.25) is 0 Å². The molecule has 3 rings (SSSR count). The number of halogens is 1. The van der Waals surface area contributed by atoms with Gasteiger partial charge >= 0.3 is 0 Å². The number of nitrogens with zero attached hydrogens (tertiary/aromatic N) is 2. The third-order valence-corrected chi connectivity index (χ3v) is 4.33. The minimum atomic E-state index is -1.45. The van der Waals surface area contributed by atoms with E-state index in [1.807, 2.05) is 35.2 Å². The van der Waals surface area contributed by atoms with E-state index in [-0.39, 0.29) is 6.54 Å². The minimum Gasteiger partial charge on any atom is -0.378 e. The molecule has 1 aliphatic rings. The number of fused-ring (bicyclic) bond motifs is 1. The fourth-order valence-corrected chi connectivity index (χ4v) is 2.94. The van der Waals surface area contributed by atoms with Crippen LogP contribution in [0.25, 0.3) is 10.9 Å². The van der Waals surface area contributed by atoms with Crippen LogP contribution < -0.4 is 10.6 Å². The molecule has 3 N–H and O–H groups in total. The maximum atomic E-state index is 11.3. The predicted molar refractivity (Wildman–Crippen MR) is 80.4 cm³/mol. The summed E-state index contributed by atoms with van der Waals surface area (Å²) in [4.78, 5) is 17.8. The quantitative estimate of drug-likeness (QED) is 0.869. The lowest BCUT2D eigenvalue weighted by Crippen LogP contribution is -2.46. The Bertz CT molecular complexity index is 691. The van der Waals surface area contributed by atoms with Gasteiger partial charge in [0, 0.05) is 22.8 Å². The summed E-state index contributed by atoms with van der Waals surface area (Å²) in [5.74, 6) is 0.0588. The molecule has 1 amide bonds. The topological polar surface area (TPSA) is 79.5 Å². The third-order valence-electron chi connectivity index (χ3n) is 3.69. The number of aromatic nitrogens is 1. The van der Waals surface area contributed by atoms with Crippen molar-refractivity contribution < 1.29 is 9.90 Å². The lowest BCUT2D eigenvalue weighted by atomic mass is 10.0. The van der Waals surface area contributed by atoms with Crippen molar-refractivity contribution in [1.29, 1.82) is 0 Å². The molecule has 1 aromatic heterocycles. The normalized spacial score (nSPS) is 22.4. The highest BCUT2D eigenvalue weighted by Gasteiger charge is 2.41. The van der Waals surface area contributed by atoms with E-state index in [0.717, 1.165) is 21.2 Å². The van der Waals surface area contributed by atoms with E-state index >= 15 is 0 Å². The molecule has 0 bridgehead atoms. The summed E-state index contributed by atoms with van der Waals surface area (Å²) in [5.41, 5.74) is 4.65. The summed E-state index contributed by atoms with van der Waals surface area (Å²) in [6.45, 7) is 0.744. The molecule has 0 aliphatic carbocycles. The number of pyridine rings is 1. The van der Waals surface area contributed by atoms with E-state index in [4.69, 9.17) is 5.73 Å². The Labute approximate surface area is 124 Å². The van der Waals surface area contributed by atoms with Crippen molar-refractivity contribution in [3.8, 4) is 0 Å². The predicted octanol–water partition coefficient (Wildman–Crippen LogP) is 1.42. The van der Waals surface area contributed by atoms with Crippen molar-refractivity contribution in [2.24, 2.45) is 5.73 Å². The smallest absolute Gasteiger partial charge is 0.251 e. The molecule has 1 atom stereocenters. The molecule has 20 heavy (non-hydrogen) atoms. The van der Waals surface area contributed by atoms with Crippen LogP contribution in [0.15, 0.2) is 34.8 Å². The zero-order chi connectivity index (χ0) is 14.3. The number of benzene rings is 1. The average molecular weight is 336 g/mol. The number of carbonyl (C=O) groups is 1. The van der Waals surface area contributed by atoms with Crippen molar-refractivity contribution in [2.75, 3.05) is 18.0 Å². The van der Waals surface area contributed by atoms with Crippen LogP contribution in [0.4, 0.5) is 5.82 Å². The maximum absolute atomic E-state index is 11.3. The molecule has 0 saturated carbocycles. The van der Waals surface area contributed by atoms with Gasteiger partial charge in [-0.25, -0.2) is 4.98 Å². The molecule has 2 heterocycles. The van der Waals surface area contributed by atoms with Crippen molar-refractivity contribution in [3.05, 3.63) is 34.8 Å². The first kappa shape index (κ1) is 13.3. The van der Waals surface area contributed by atoms with Gasteiger partial charge in [0.1, 0.15) is 5.82 Å². The number of aliphatic hydroxyl groups is 1. The molecule has 1 aromatic carbocycles. The number of anilines is 1. The maximum Gasteiger partial charge on any atom is 0.251 e. The molecule has 1 saturated heterocycles. The molecule has 0 spiro atoms. The molecule has 1 fully saturated rings. The molecule has 5 nitrogen and oxygen atoms in total. The number of primary amides is 1. The van der Waals surface area contributed by atoms with E-state index in [9.17, 15) is 9.90 Å². The molecular formula is C14H14BrN3O2. The van der Waals surface area contributed by atoms with Gasteiger partial charge in [0.05, 0.1) is 12.1 Å². The van der Waals surface area contributed by atoms with E-state index in [2.05, 4.69) is 20.9 Å². The van der Waals surface area contributed by atoms with Crippen molar-refractivity contribution in [1.82, 2.24) is 4.98 Å². The van der Waals surface area contributed by atoms with Crippen LogP contribution in [0.1, 0.15) is 6.42 Å². The fourth-order valence-electron chi connectivity index (χ4n) is 2.47. The second-order valence-electron chi connectivity index (χ2n) is 5.05. The average Bonchev–Trinajstić information content (AvgIpc) is 2.83. The zero-order valence-corrected chi connectivity index (χ0v) is 12.3. The van der Waals surface area contributed by atoms with Crippen molar-refractivity contribution in [2.45, 2.75) is 12.0 Å². The van der Waals surface area contributed by atoms with Gasteiger partial charge in [-0.05, 0) is 34.1 Å². The van der Waals surface area contributed by atoms with Crippen LogP contribution in [0.2, 0.25) is 0 Å². The second-order valence-corrected chi connectivity index (χ2v) is 5.90. The number of nitrogens with two attached hydrogens (primary N) is 1. The molecule has 6 heteroatoms. The Hall–Kier alpha value is -1.66. The van der Waals surface area contributed by atoms with Gasteiger partial charge in [-0.3, -0.25) is 4.79 Å². The lowest BCUT2D eigenvalue weighted by Gasteiger charge is -2.21. The van der Waals surface area contributed by atoms with Crippen LogP contribution in [0, 0.1) is 0 Å². The number of hydrogen-bond acceptors (Lipinski definition) is 4. The SMILES string of the molecule is NC(=O)C1(O)CCN(c2ccc3cccc(Br)c3n2)C1. The summed E-state index contributed by atoms with van der Waals surface area (Å²) in [6.07, 6.45) is 0.331. The van der Waals surface area contributed by atoms with E-state index in [0.29, 0.717) is 13.0 Å². The first-order chi connectivity index (χ1) is 9.49. The number of amides is 1. The van der Waals surface area contributed by atoms with Crippen LogP contribution in [0.5, 0.6) is 0 Å². The molecule has 104 valence electrons. The fraction of sp³-hybridized carbons (Fsp3) is 0.286. The second kappa shape index (κ2) is 4.71. The monoisotopic (exact) mass is 335 g/mol. The van der Waals surface area contributed by atoms with Crippen LogP contribution >= 0.6 is 15.9 Å². The Morgan fingerprint density at radius 1 is 1.40 bits per heavy atom. The molecule has 2 aromatic rings. The van der Waals surface area contributed by atoms with Gasteiger partial charge in [0.15, 0.2) is 5.60 Å². The Balaban J connectivity index is 1.96. The largest absolute Gasteiger partial charge is 0.378 e. The Morgan fingerprint density at radius 2 is 2.20 bits per heavy atom. The highest BCUT2D eigenvalue weighted by molar-refractivity contribution is 9.10. The Kier molecular flexibility index (Phi) is 3.14. The van der Waals surface area contributed by atoms with Crippen LogP contribution in [0.3, 0.4) is 0 Å². The number of para-hydroxylation sites is 1. The molecule has 1 aliphatic heterocycles. The summed E-state index contributed by atoms with van der Waals surface area (Å²) < 4.78 is 0.918. The molecule has 0 radical (unpaired) electrons. The van der Waals surface area contributed by atoms with Crippen molar-refractivity contribution in [3.63, 3.8) is 0 Å². The van der Waals surface area contributed by atoms with Gasteiger partial charge in [-0.2, -0.15) is 0 Å². The summed E-state index contributed by atoms with van der Waals surface area (Å²) in [7, 11) is 0. The lowest BCUT2D eigenvalue weighted by molar-refractivity contribution is -0.134. The molecule has 1 unspecified atom stereocenters. The zero-order valence-electron chi connectivity index (χ0n) is 10.7. The van der Waals surface area contributed by atoms with Gasteiger partial charge in [0.25, 0.3) is 5.91 Å². The summed E-state index contributed by atoms with van der Waals surface area (Å²) in [5, 5.41) is 11.1. The van der Waals surface area contributed by atoms with E-state index < -0.39 is 11.5 Å². The van der Waals surface area contributed by atoms with Crippen LogP contribution in [-0.4, -0.2) is 34.7 Å². The van der Waals surface area contributed by atoms with Gasteiger partial charge in [-0.1, -0.05) is 12.1 Å². The number of β-amino-alcohol motifs (C(OH)–C–C–N with tert-alkyl or cyclic N) is 1. The summed E-state index contributed by atoms with van der Waals surface area (Å²) >= 11 is 3.48. The number of hydrogen-bond donors (Lipinski definition) is 2. The highest BCUT2D eigenvalue weighted by Crippen LogP contribution is 2.29. The van der Waals surface area contributed by atoms with E-state index in [1.165, 1.54) is 0 Å². The van der Waals surface area contributed by atoms with Gasteiger partial charge in [-0.15, -0.1) is 0 Å². The summed E-state index contributed by atoms with van der Waals surface area (Å²) in [6, 6.07) is 9.74. The van der Waals surface area contributed by atoms with Crippen molar-refractivity contribution >= 4 is 38.6 Å². The standard InChI is InChI=1S/C14H14BrN3O2/c15-10-3-1-2-9-4-5-11(17-12(9)10)18-7-6-14(20,8-18)13(16)19/h1-5,20H,6-8H2,(H2,16,19). The third kappa shape index (κ3) is 2.14. The Morgan fingerprint density at radius 3 is 2.90 bits per heavy atom. The van der Waals surface area contributed by atoms with E-state index in [1.54, 1.807) is 0 Å². The number of rotatable bonds is 2. The molecular weight excluding hydrogens is 322 g/mol.